The number of carboxylic acid groups (broad SMARTS) is 1. The molecular formula is C12H10N4O2S. The molecule has 0 aliphatic carbocycles. The van der Waals surface area contributed by atoms with E-state index in [1.165, 1.54) is 4.68 Å². The van der Waals surface area contributed by atoms with E-state index >= 15 is 0 Å². The highest BCUT2D eigenvalue weighted by molar-refractivity contribution is 7.17. The topological polar surface area (TPSA) is 80.9 Å². The van der Waals surface area contributed by atoms with E-state index < -0.39 is 12.0 Å². The predicted molar refractivity (Wildman–Crippen MR) is 71.0 cm³/mol. The van der Waals surface area contributed by atoms with Crippen molar-refractivity contribution in [2.45, 2.75) is 13.0 Å². The number of rotatable bonds is 3. The Bertz CT molecular complexity index is 749. The highest BCUT2D eigenvalue weighted by Crippen LogP contribution is 2.33. The third-order valence-corrected chi connectivity index (χ3v) is 3.90. The SMILES string of the molecule is CC(C(=O)O)n1nnnc1-c1csc2ccccc12. The maximum Gasteiger partial charge on any atom is 0.328 e. The molecule has 3 rings (SSSR count). The molecule has 96 valence electrons. The van der Waals surface area contributed by atoms with Crippen LogP contribution in [0.15, 0.2) is 29.6 Å². The Kier molecular flexibility index (Phi) is 2.75. The van der Waals surface area contributed by atoms with Crippen molar-refractivity contribution >= 4 is 27.4 Å². The van der Waals surface area contributed by atoms with Gasteiger partial charge < -0.3 is 5.11 Å². The van der Waals surface area contributed by atoms with Crippen LogP contribution >= 0.6 is 11.3 Å². The molecule has 0 radical (unpaired) electrons. The number of aromatic nitrogens is 4. The van der Waals surface area contributed by atoms with Gasteiger partial charge in [0.25, 0.3) is 0 Å². The molecule has 1 aromatic carbocycles. The molecule has 0 aliphatic heterocycles. The van der Waals surface area contributed by atoms with E-state index in [9.17, 15) is 4.79 Å². The van der Waals surface area contributed by atoms with Crippen LogP contribution in [-0.4, -0.2) is 31.3 Å². The van der Waals surface area contributed by atoms with E-state index in [4.69, 9.17) is 5.11 Å². The normalized spacial score (nSPS) is 12.7. The van der Waals surface area contributed by atoms with Crippen molar-refractivity contribution in [1.82, 2.24) is 20.2 Å². The van der Waals surface area contributed by atoms with Gasteiger partial charge in [-0.3, -0.25) is 0 Å². The number of nitrogens with zero attached hydrogens (tertiary/aromatic N) is 4. The summed E-state index contributed by atoms with van der Waals surface area (Å²) in [5, 5.41) is 23.4. The number of carboxylic acids is 1. The number of hydrogen-bond acceptors (Lipinski definition) is 5. The molecule has 0 spiro atoms. The predicted octanol–water partition coefficient (Wildman–Crippen LogP) is 2.20. The van der Waals surface area contributed by atoms with Gasteiger partial charge in [0.15, 0.2) is 11.9 Å². The molecule has 3 aromatic rings. The summed E-state index contributed by atoms with van der Waals surface area (Å²) in [5.74, 6) is -0.486. The van der Waals surface area contributed by atoms with Gasteiger partial charge in [-0.15, -0.1) is 16.4 Å². The maximum atomic E-state index is 11.1. The van der Waals surface area contributed by atoms with Gasteiger partial charge in [-0.1, -0.05) is 18.2 Å². The molecular weight excluding hydrogens is 264 g/mol. The number of hydrogen-bond donors (Lipinski definition) is 1. The number of aliphatic carboxylic acids is 1. The Labute approximate surface area is 112 Å². The number of tetrazole rings is 1. The van der Waals surface area contributed by atoms with Crippen LogP contribution < -0.4 is 0 Å². The minimum Gasteiger partial charge on any atom is -0.480 e. The summed E-state index contributed by atoms with van der Waals surface area (Å²) < 4.78 is 2.45. The molecule has 0 amide bonds. The fraction of sp³-hybridized carbons (Fsp3) is 0.167. The summed E-state index contributed by atoms with van der Waals surface area (Å²) in [6.45, 7) is 1.55. The summed E-state index contributed by atoms with van der Waals surface area (Å²) in [5.41, 5.74) is 0.860. The Morgan fingerprint density at radius 1 is 1.42 bits per heavy atom. The van der Waals surface area contributed by atoms with Crippen molar-refractivity contribution in [1.29, 1.82) is 0 Å². The first-order valence-electron chi connectivity index (χ1n) is 5.66. The van der Waals surface area contributed by atoms with Crippen molar-refractivity contribution in [3.8, 4) is 11.4 Å². The number of carbonyl (C=O) groups is 1. The van der Waals surface area contributed by atoms with Crippen LogP contribution in [0.3, 0.4) is 0 Å². The summed E-state index contributed by atoms with van der Waals surface area (Å²) in [7, 11) is 0. The molecule has 2 heterocycles. The third kappa shape index (κ3) is 1.88. The highest BCUT2D eigenvalue weighted by Gasteiger charge is 2.21. The molecule has 0 saturated carbocycles. The molecule has 0 aliphatic rings. The molecule has 19 heavy (non-hydrogen) atoms. The molecule has 0 fully saturated rings. The molecule has 6 nitrogen and oxygen atoms in total. The zero-order valence-electron chi connectivity index (χ0n) is 10.0. The summed E-state index contributed by atoms with van der Waals surface area (Å²) >= 11 is 1.58. The Morgan fingerprint density at radius 3 is 3.00 bits per heavy atom. The van der Waals surface area contributed by atoms with E-state index in [1.807, 2.05) is 29.6 Å². The lowest BCUT2D eigenvalue weighted by molar-refractivity contribution is -0.140. The Balaban J connectivity index is 2.18. The van der Waals surface area contributed by atoms with Crippen LogP contribution in [0.2, 0.25) is 0 Å². The van der Waals surface area contributed by atoms with Crippen molar-refractivity contribution in [3.05, 3.63) is 29.6 Å². The molecule has 2 aromatic heterocycles. The van der Waals surface area contributed by atoms with Crippen LogP contribution in [0.25, 0.3) is 21.5 Å². The minimum absolute atomic E-state index is 0.479. The fourth-order valence-electron chi connectivity index (χ4n) is 1.89. The van der Waals surface area contributed by atoms with E-state index in [0.717, 1.165) is 15.6 Å². The first-order valence-corrected chi connectivity index (χ1v) is 6.53. The molecule has 1 N–H and O–H groups in total. The van der Waals surface area contributed by atoms with Gasteiger partial charge >= 0.3 is 5.97 Å². The second-order valence-corrected chi connectivity index (χ2v) is 5.02. The fourth-order valence-corrected chi connectivity index (χ4v) is 2.83. The summed E-state index contributed by atoms with van der Waals surface area (Å²) in [4.78, 5) is 11.1. The Morgan fingerprint density at radius 2 is 2.21 bits per heavy atom. The summed E-state index contributed by atoms with van der Waals surface area (Å²) in [6.07, 6.45) is 0. The zero-order chi connectivity index (χ0) is 13.4. The third-order valence-electron chi connectivity index (χ3n) is 2.94. The minimum atomic E-state index is -0.965. The lowest BCUT2D eigenvalue weighted by Gasteiger charge is -2.07. The van der Waals surface area contributed by atoms with Gasteiger partial charge in [0, 0.05) is 21.0 Å². The van der Waals surface area contributed by atoms with Gasteiger partial charge in [-0.2, -0.15) is 0 Å². The number of thiophene rings is 1. The van der Waals surface area contributed by atoms with Crippen LogP contribution in [0.1, 0.15) is 13.0 Å². The molecule has 1 atom stereocenters. The van der Waals surface area contributed by atoms with Crippen molar-refractivity contribution < 1.29 is 9.90 Å². The van der Waals surface area contributed by atoms with Crippen LogP contribution in [-0.2, 0) is 4.79 Å². The van der Waals surface area contributed by atoms with Gasteiger partial charge in [0.1, 0.15) is 0 Å². The molecule has 0 bridgehead atoms. The highest BCUT2D eigenvalue weighted by atomic mass is 32.1. The zero-order valence-corrected chi connectivity index (χ0v) is 10.8. The smallest absolute Gasteiger partial charge is 0.328 e. The summed E-state index contributed by atoms with van der Waals surface area (Å²) in [6, 6.07) is 7.09. The average Bonchev–Trinajstić information content (AvgIpc) is 3.03. The first kappa shape index (κ1) is 11.8. The van der Waals surface area contributed by atoms with Gasteiger partial charge in [-0.05, 0) is 23.4 Å². The van der Waals surface area contributed by atoms with Gasteiger partial charge in [0.2, 0.25) is 0 Å². The number of fused-ring (bicyclic) bond motifs is 1. The van der Waals surface area contributed by atoms with E-state index in [-0.39, 0.29) is 0 Å². The molecule has 1 unspecified atom stereocenters. The monoisotopic (exact) mass is 274 g/mol. The maximum absolute atomic E-state index is 11.1. The van der Waals surface area contributed by atoms with E-state index in [1.54, 1.807) is 18.3 Å². The van der Waals surface area contributed by atoms with E-state index in [2.05, 4.69) is 15.5 Å². The largest absolute Gasteiger partial charge is 0.480 e. The van der Waals surface area contributed by atoms with Crippen LogP contribution in [0.5, 0.6) is 0 Å². The second kappa shape index (κ2) is 4.43. The van der Waals surface area contributed by atoms with Crippen molar-refractivity contribution in [2.75, 3.05) is 0 Å². The van der Waals surface area contributed by atoms with Crippen LogP contribution in [0, 0.1) is 0 Å². The van der Waals surface area contributed by atoms with Crippen molar-refractivity contribution in [2.24, 2.45) is 0 Å². The number of benzene rings is 1. The lowest BCUT2D eigenvalue weighted by atomic mass is 10.1. The molecule has 0 saturated heterocycles. The van der Waals surface area contributed by atoms with Crippen molar-refractivity contribution in [3.63, 3.8) is 0 Å². The standard InChI is InChI=1S/C12H10N4O2S/c1-7(12(17)18)16-11(13-14-15-16)9-6-19-10-5-3-2-4-8(9)10/h2-7H,1H3,(H,17,18). The second-order valence-electron chi connectivity index (χ2n) is 4.11. The quantitative estimate of drug-likeness (QED) is 0.791. The van der Waals surface area contributed by atoms with E-state index in [0.29, 0.717) is 5.82 Å². The first-order chi connectivity index (χ1) is 9.18. The van der Waals surface area contributed by atoms with Crippen LogP contribution in [0.4, 0.5) is 0 Å². The average molecular weight is 274 g/mol. The Hall–Kier alpha value is -2.28. The molecule has 7 heteroatoms. The van der Waals surface area contributed by atoms with Gasteiger partial charge in [0.05, 0.1) is 0 Å². The van der Waals surface area contributed by atoms with Gasteiger partial charge in [-0.25, -0.2) is 9.48 Å². The lowest BCUT2D eigenvalue weighted by Crippen LogP contribution is -2.17.